The highest BCUT2D eigenvalue weighted by Crippen LogP contribution is 2.15. The minimum absolute atomic E-state index is 0.0342. The molecule has 6 heteroatoms. The van der Waals surface area contributed by atoms with Crippen LogP contribution in [0.25, 0.3) is 0 Å². The normalized spacial score (nSPS) is 16.2. The lowest BCUT2D eigenvalue weighted by atomic mass is 10.2. The second-order valence-corrected chi connectivity index (χ2v) is 6.19. The van der Waals surface area contributed by atoms with Crippen molar-refractivity contribution >= 4 is 23.6 Å². The Morgan fingerprint density at radius 2 is 2.19 bits per heavy atom. The molecular formula is C15H23N3O2S. The quantitative estimate of drug-likeness (QED) is 0.792. The van der Waals surface area contributed by atoms with Gasteiger partial charge in [-0.2, -0.15) is 11.8 Å². The third-order valence-corrected chi connectivity index (χ3v) is 4.38. The number of nitrogens with one attached hydrogen (secondary N) is 1. The first-order valence-corrected chi connectivity index (χ1v) is 8.78. The number of likely N-dealkylation sites (tertiary alicyclic amines) is 1. The fourth-order valence-corrected chi connectivity index (χ4v) is 3.03. The molecule has 1 aromatic heterocycles. The van der Waals surface area contributed by atoms with Gasteiger partial charge in [0.2, 0.25) is 11.8 Å². The van der Waals surface area contributed by atoms with Gasteiger partial charge in [-0.3, -0.25) is 9.59 Å². The van der Waals surface area contributed by atoms with Crippen LogP contribution in [0.4, 0.5) is 0 Å². The largest absolute Gasteiger partial charge is 0.353 e. The van der Waals surface area contributed by atoms with E-state index in [1.54, 1.807) is 11.8 Å². The highest BCUT2D eigenvalue weighted by atomic mass is 32.2. The number of hydrogen-bond donors (Lipinski definition) is 1. The predicted octanol–water partition coefficient (Wildman–Crippen LogP) is 1.52. The van der Waals surface area contributed by atoms with E-state index in [0.29, 0.717) is 19.5 Å². The summed E-state index contributed by atoms with van der Waals surface area (Å²) < 4.78 is 1.95. The Labute approximate surface area is 130 Å². The van der Waals surface area contributed by atoms with Crippen LogP contribution in [0.2, 0.25) is 0 Å². The third kappa shape index (κ3) is 4.52. The van der Waals surface area contributed by atoms with Crippen molar-refractivity contribution < 1.29 is 9.59 Å². The lowest BCUT2D eigenvalue weighted by molar-refractivity contribution is -0.129. The zero-order valence-electron chi connectivity index (χ0n) is 12.5. The van der Waals surface area contributed by atoms with E-state index in [4.69, 9.17) is 0 Å². The Hall–Kier alpha value is -1.43. The predicted molar refractivity (Wildman–Crippen MR) is 85.3 cm³/mol. The summed E-state index contributed by atoms with van der Waals surface area (Å²) >= 11 is 1.74. The molecule has 2 rings (SSSR count). The SMILES string of the molecule is CSCC[C@@H](C(=O)NCCN1CCCC1=O)n1cccc1. The number of carbonyl (C=O) groups is 2. The molecule has 116 valence electrons. The van der Waals surface area contributed by atoms with E-state index in [-0.39, 0.29) is 17.9 Å². The lowest BCUT2D eigenvalue weighted by Crippen LogP contribution is -2.38. The van der Waals surface area contributed by atoms with Gasteiger partial charge in [-0.05, 0) is 37.0 Å². The van der Waals surface area contributed by atoms with Gasteiger partial charge in [-0.1, -0.05) is 0 Å². The van der Waals surface area contributed by atoms with E-state index in [2.05, 4.69) is 5.32 Å². The van der Waals surface area contributed by atoms with E-state index < -0.39 is 0 Å². The molecule has 0 aromatic carbocycles. The van der Waals surface area contributed by atoms with Crippen molar-refractivity contribution in [1.29, 1.82) is 0 Å². The number of carbonyl (C=O) groups excluding carboxylic acids is 2. The van der Waals surface area contributed by atoms with Crippen molar-refractivity contribution in [2.24, 2.45) is 0 Å². The summed E-state index contributed by atoms with van der Waals surface area (Å²) in [5.41, 5.74) is 0. The van der Waals surface area contributed by atoms with Gasteiger partial charge < -0.3 is 14.8 Å². The van der Waals surface area contributed by atoms with Crippen molar-refractivity contribution in [3.8, 4) is 0 Å². The van der Waals surface area contributed by atoms with Crippen LogP contribution < -0.4 is 5.32 Å². The molecule has 2 amide bonds. The Morgan fingerprint density at radius 1 is 1.43 bits per heavy atom. The first-order valence-electron chi connectivity index (χ1n) is 7.39. The third-order valence-electron chi connectivity index (χ3n) is 3.74. The van der Waals surface area contributed by atoms with Crippen LogP contribution >= 0.6 is 11.8 Å². The van der Waals surface area contributed by atoms with Gasteiger partial charge in [0.1, 0.15) is 6.04 Å². The van der Waals surface area contributed by atoms with Gasteiger partial charge in [-0.15, -0.1) is 0 Å². The van der Waals surface area contributed by atoms with E-state index in [9.17, 15) is 9.59 Å². The number of rotatable bonds is 8. The monoisotopic (exact) mass is 309 g/mol. The Balaban J connectivity index is 1.82. The van der Waals surface area contributed by atoms with E-state index >= 15 is 0 Å². The maximum Gasteiger partial charge on any atom is 0.243 e. The first kappa shape index (κ1) is 15.9. The molecule has 1 atom stereocenters. The first-order chi connectivity index (χ1) is 10.2. The fourth-order valence-electron chi connectivity index (χ4n) is 2.57. The maximum atomic E-state index is 12.4. The summed E-state index contributed by atoms with van der Waals surface area (Å²) in [5, 5.41) is 2.96. The molecule has 2 heterocycles. The summed E-state index contributed by atoms with van der Waals surface area (Å²) in [6.45, 7) is 1.97. The molecular weight excluding hydrogens is 286 g/mol. The molecule has 21 heavy (non-hydrogen) atoms. The smallest absolute Gasteiger partial charge is 0.243 e. The lowest BCUT2D eigenvalue weighted by Gasteiger charge is -2.20. The second-order valence-electron chi connectivity index (χ2n) is 5.20. The Morgan fingerprint density at radius 3 is 2.81 bits per heavy atom. The zero-order chi connectivity index (χ0) is 15.1. The van der Waals surface area contributed by atoms with Crippen molar-refractivity contribution in [2.45, 2.75) is 25.3 Å². The highest BCUT2D eigenvalue weighted by molar-refractivity contribution is 7.98. The van der Waals surface area contributed by atoms with Crippen LogP contribution in [0.15, 0.2) is 24.5 Å². The van der Waals surface area contributed by atoms with E-state index in [1.165, 1.54) is 0 Å². The molecule has 0 radical (unpaired) electrons. The van der Waals surface area contributed by atoms with Crippen LogP contribution in [0.3, 0.4) is 0 Å². The van der Waals surface area contributed by atoms with Gasteiger partial charge in [0.25, 0.3) is 0 Å². The molecule has 1 saturated heterocycles. The van der Waals surface area contributed by atoms with Gasteiger partial charge in [0.15, 0.2) is 0 Å². The maximum absolute atomic E-state index is 12.4. The molecule has 0 unspecified atom stereocenters. The molecule has 1 fully saturated rings. The summed E-state index contributed by atoms with van der Waals surface area (Å²) in [5.74, 6) is 1.18. The van der Waals surface area contributed by atoms with Gasteiger partial charge in [0.05, 0.1) is 0 Å². The van der Waals surface area contributed by atoms with Crippen LogP contribution in [0, 0.1) is 0 Å². The average molecular weight is 309 g/mol. The standard InChI is InChI=1S/C15H23N3O2S/c1-21-12-6-13(17-8-2-3-9-17)15(20)16-7-11-18-10-4-5-14(18)19/h2-3,8-9,13H,4-7,10-12H2,1H3,(H,16,20)/t13-/m0/s1. The van der Waals surface area contributed by atoms with Crippen LogP contribution in [-0.4, -0.2) is 52.9 Å². The summed E-state index contributed by atoms with van der Waals surface area (Å²) in [7, 11) is 0. The fraction of sp³-hybridized carbons (Fsp3) is 0.600. The van der Waals surface area contributed by atoms with Crippen molar-refractivity contribution in [1.82, 2.24) is 14.8 Å². The van der Waals surface area contributed by atoms with Crippen molar-refractivity contribution in [3.05, 3.63) is 24.5 Å². The molecule has 0 aliphatic carbocycles. The molecule has 0 saturated carbocycles. The number of hydrogen-bond acceptors (Lipinski definition) is 3. The Kier molecular flexibility index (Phi) is 6.17. The molecule has 1 aromatic rings. The molecule has 5 nitrogen and oxygen atoms in total. The van der Waals surface area contributed by atoms with Gasteiger partial charge in [-0.25, -0.2) is 0 Å². The number of nitrogens with zero attached hydrogens (tertiary/aromatic N) is 2. The summed E-state index contributed by atoms with van der Waals surface area (Å²) in [4.78, 5) is 25.7. The van der Waals surface area contributed by atoms with Crippen LogP contribution in [0.5, 0.6) is 0 Å². The van der Waals surface area contributed by atoms with Gasteiger partial charge >= 0.3 is 0 Å². The number of aromatic nitrogens is 1. The highest BCUT2D eigenvalue weighted by Gasteiger charge is 2.21. The van der Waals surface area contributed by atoms with Crippen LogP contribution in [0.1, 0.15) is 25.3 Å². The van der Waals surface area contributed by atoms with Crippen molar-refractivity contribution in [3.63, 3.8) is 0 Å². The molecule has 1 aliphatic heterocycles. The minimum atomic E-state index is -0.165. The number of amides is 2. The Bertz CT molecular complexity index is 461. The summed E-state index contributed by atoms with van der Waals surface area (Å²) in [6.07, 6.45) is 8.29. The average Bonchev–Trinajstić information content (AvgIpc) is 3.12. The topological polar surface area (TPSA) is 54.3 Å². The van der Waals surface area contributed by atoms with Crippen molar-refractivity contribution in [2.75, 3.05) is 31.6 Å². The molecule has 0 bridgehead atoms. The van der Waals surface area contributed by atoms with Crippen LogP contribution in [-0.2, 0) is 9.59 Å². The minimum Gasteiger partial charge on any atom is -0.353 e. The van der Waals surface area contributed by atoms with E-state index in [1.807, 2.05) is 40.2 Å². The number of thioether (sulfide) groups is 1. The molecule has 1 aliphatic rings. The molecule has 1 N–H and O–H groups in total. The molecule has 0 spiro atoms. The van der Waals surface area contributed by atoms with Gasteiger partial charge in [0, 0.05) is 38.4 Å². The second kappa shape index (κ2) is 8.12. The summed E-state index contributed by atoms with van der Waals surface area (Å²) in [6, 6.07) is 3.70. The van der Waals surface area contributed by atoms with E-state index in [0.717, 1.165) is 25.1 Å². The zero-order valence-corrected chi connectivity index (χ0v) is 13.3.